The van der Waals surface area contributed by atoms with Gasteiger partial charge in [-0.25, -0.2) is 0 Å². The first kappa shape index (κ1) is 11.5. The molecule has 1 saturated carbocycles. The quantitative estimate of drug-likeness (QED) is 0.822. The van der Waals surface area contributed by atoms with Crippen molar-refractivity contribution in [2.75, 3.05) is 13.7 Å². The third-order valence-electron chi connectivity index (χ3n) is 3.35. The van der Waals surface area contributed by atoms with Crippen molar-refractivity contribution in [2.24, 2.45) is 5.92 Å². The largest absolute Gasteiger partial charge is 0.497 e. The second kappa shape index (κ2) is 5.35. The lowest BCUT2D eigenvalue weighted by molar-refractivity contribution is 0.243. The number of nitrogens with one attached hydrogen (secondary N) is 1. The Morgan fingerprint density at radius 1 is 1.38 bits per heavy atom. The summed E-state index contributed by atoms with van der Waals surface area (Å²) >= 11 is 0. The summed E-state index contributed by atoms with van der Waals surface area (Å²) in [5.74, 6) is 1.88. The first-order chi connectivity index (χ1) is 7.78. The van der Waals surface area contributed by atoms with Crippen LogP contribution in [0.15, 0.2) is 24.3 Å². The zero-order valence-corrected chi connectivity index (χ0v) is 10.2. The van der Waals surface area contributed by atoms with Crippen LogP contribution >= 0.6 is 0 Å². The van der Waals surface area contributed by atoms with E-state index in [1.165, 1.54) is 18.4 Å². The van der Waals surface area contributed by atoms with Gasteiger partial charge in [-0.2, -0.15) is 0 Å². The predicted octanol–water partition coefficient (Wildman–Crippen LogP) is 2.63. The van der Waals surface area contributed by atoms with Crippen LogP contribution in [0.25, 0.3) is 0 Å². The van der Waals surface area contributed by atoms with Crippen molar-refractivity contribution in [3.8, 4) is 5.75 Å². The molecule has 0 amide bonds. The highest BCUT2D eigenvalue weighted by molar-refractivity contribution is 5.28. The fraction of sp³-hybridized carbons (Fsp3) is 0.571. The third-order valence-corrected chi connectivity index (χ3v) is 3.35. The van der Waals surface area contributed by atoms with Crippen molar-refractivity contribution in [1.29, 1.82) is 0 Å². The van der Waals surface area contributed by atoms with Crippen LogP contribution in [0, 0.1) is 5.92 Å². The van der Waals surface area contributed by atoms with Crippen molar-refractivity contribution < 1.29 is 4.74 Å². The summed E-state index contributed by atoms with van der Waals surface area (Å²) in [7, 11) is 1.72. The third kappa shape index (κ3) is 2.99. The summed E-state index contributed by atoms with van der Waals surface area (Å²) in [5, 5.41) is 3.59. The molecule has 2 nitrogen and oxygen atoms in total. The maximum atomic E-state index is 5.21. The summed E-state index contributed by atoms with van der Waals surface area (Å²) in [5.41, 5.74) is 1.35. The van der Waals surface area contributed by atoms with E-state index in [9.17, 15) is 0 Å². The van der Waals surface area contributed by atoms with Gasteiger partial charge in [0.2, 0.25) is 0 Å². The van der Waals surface area contributed by atoms with E-state index in [0.29, 0.717) is 0 Å². The molecule has 0 radical (unpaired) electrons. The SMILES string of the molecule is COc1cccc(CCNC2CC(C)C2)c1. The second-order valence-corrected chi connectivity index (χ2v) is 4.83. The molecule has 0 saturated heterocycles. The molecular weight excluding hydrogens is 198 g/mol. The minimum absolute atomic E-state index is 0.764. The summed E-state index contributed by atoms with van der Waals surface area (Å²) in [6.45, 7) is 3.39. The molecule has 0 heterocycles. The average molecular weight is 219 g/mol. The van der Waals surface area contributed by atoms with Gasteiger partial charge in [-0.15, -0.1) is 0 Å². The molecule has 0 bridgehead atoms. The molecule has 1 aliphatic carbocycles. The molecule has 88 valence electrons. The molecule has 0 aliphatic heterocycles. The monoisotopic (exact) mass is 219 g/mol. The van der Waals surface area contributed by atoms with Gasteiger partial charge in [0.25, 0.3) is 0 Å². The van der Waals surface area contributed by atoms with Gasteiger partial charge in [0, 0.05) is 6.04 Å². The van der Waals surface area contributed by atoms with Crippen LogP contribution in [0.1, 0.15) is 25.3 Å². The topological polar surface area (TPSA) is 21.3 Å². The lowest BCUT2D eigenvalue weighted by Gasteiger charge is -2.33. The summed E-state index contributed by atoms with van der Waals surface area (Å²) in [6, 6.07) is 9.09. The van der Waals surface area contributed by atoms with E-state index in [0.717, 1.165) is 30.7 Å². The van der Waals surface area contributed by atoms with Crippen LogP contribution in [0.5, 0.6) is 5.75 Å². The Morgan fingerprint density at radius 2 is 2.19 bits per heavy atom. The van der Waals surface area contributed by atoms with E-state index in [1.807, 2.05) is 6.07 Å². The van der Waals surface area contributed by atoms with Crippen molar-refractivity contribution >= 4 is 0 Å². The van der Waals surface area contributed by atoms with E-state index in [4.69, 9.17) is 4.74 Å². The highest BCUT2D eigenvalue weighted by Gasteiger charge is 2.23. The standard InChI is InChI=1S/C14H21NO/c1-11-8-13(9-11)15-7-6-12-4-3-5-14(10-12)16-2/h3-5,10-11,13,15H,6-9H2,1-2H3. The van der Waals surface area contributed by atoms with Gasteiger partial charge in [0.05, 0.1) is 7.11 Å². The highest BCUT2D eigenvalue weighted by atomic mass is 16.5. The van der Waals surface area contributed by atoms with Crippen LogP contribution in [0.4, 0.5) is 0 Å². The van der Waals surface area contributed by atoms with Crippen LogP contribution in [-0.2, 0) is 6.42 Å². The Balaban J connectivity index is 1.72. The molecule has 2 heteroatoms. The number of rotatable bonds is 5. The maximum absolute atomic E-state index is 5.21. The molecule has 1 fully saturated rings. The molecule has 1 aliphatic rings. The zero-order chi connectivity index (χ0) is 11.4. The lowest BCUT2D eigenvalue weighted by Crippen LogP contribution is -2.40. The Kier molecular flexibility index (Phi) is 3.83. The Morgan fingerprint density at radius 3 is 2.88 bits per heavy atom. The second-order valence-electron chi connectivity index (χ2n) is 4.83. The van der Waals surface area contributed by atoms with E-state index in [-0.39, 0.29) is 0 Å². The first-order valence-corrected chi connectivity index (χ1v) is 6.14. The van der Waals surface area contributed by atoms with E-state index < -0.39 is 0 Å². The van der Waals surface area contributed by atoms with Crippen molar-refractivity contribution in [2.45, 2.75) is 32.2 Å². The van der Waals surface area contributed by atoms with Crippen molar-refractivity contribution in [3.63, 3.8) is 0 Å². The molecule has 0 unspecified atom stereocenters. The normalized spacial score (nSPS) is 23.9. The smallest absolute Gasteiger partial charge is 0.119 e. The van der Waals surface area contributed by atoms with Crippen molar-refractivity contribution in [3.05, 3.63) is 29.8 Å². The highest BCUT2D eigenvalue weighted by Crippen LogP contribution is 2.26. The fourth-order valence-corrected chi connectivity index (χ4v) is 2.32. The predicted molar refractivity (Wildman–Crippen MR) is 66.9 cm³/mol. The minimum atomic E-state index is 0.764. The number of hydrogen-bond acceptors (Lipinski definition) is 2. The van der Waals surface area contributed by atoms with Gasteiger partial charge < -0.3 is 10.1 Å². The van der Waals surface area contributed by atoms with Gasteiger partial charge in [-0.1, -0.05) is 19.1 Å². The Labute approximate surface area is 98.0 Å². The van der Waals surface area contributed by atoms with Crippen LogP contribution < -0.4 is 10.1 Å². The molecule has 2 rings (SSSR count). The molecule has 16 heavy (non-hydrogen) atoms. The summed E-state index contributed by atoms with van der Waals surface area (Å²) in [6.07, 6.45) is 3.78. The van der Waals surface area contributed by atoms with E-state index in [2.05, 4.69) is 30.4 Å². The van der Waals surface area contributed by atoms with Crippen molar-refractivity contribution in [1.82, 2.24) is 5.32 Å². The molecule has 1 aromatic carbocycles. The summed E-state index contributed by atoms with van der Waals surface area (Å²) in [4.78, 5) is 0. The summed E-state index contributed by atoms with van der Waals surface area (Å²) < 4.78 is 5.21. The number of ether oxygens (including phenoxy) is 1. The number of methoxy groups -OCH3 is 1. The number of benzene rings is 1. The molecule has 1 N–H and O–H groups in total. The lowest BCUT2D eigenvalue weighted by atomic mass is 9.82. The Bertz CT molecular complexity index is 331. The van der Waals surface area contributed by atoms with Crippen LogP contribution in [0.3, 0.4) is 0 Å². The first-order valence-electron chi connectivity index (χ1n) is 6.14. The molecule has 1 aromatic rings. The van der Waals surface area contributed by atoms with Gasteiger partial charge in [0.15, 0.2) is 0 Å². The van der Waals surface area contributed by atoms with Gasteiger partial charge >= 0.3 is 0 Å². The zero-order valence-electron chi connectivity index (χ0n) is 10.2. The van der Waals surface area contributed by atoms with E-state index in [1.54, 1.807) is 7.11 Å². The molecule has 0 atom stereocenters. The van der Waals surface area contributed by atoms with Crippen LogP contribution in [-0.4, -0.2) is 19.7 Å². The van der Waals surface area contributed by atoms with E-state index >= 15 is 0 Å². The fourth-order valence-electron chi connectivity index (χ4n) is 2.32. The van der Waals surface area contributed by atoms with Crippen LogP contribution in [0.2, 0.25) is 0 Å². The Hall–Kier alpha value is -1.02. The van der Waals surface area contributed by atoms with Gasteiger partial charge in [-0.3, -0.25) is 0 Å². The average Bonchev–Trinajstić information content (AvgIpc) is 2.27. The number of hydrogen-bond donors (Lipinski definition) is 1. The van der Waals surface area contributed by atoms with Gasteiger partial charge in [0.1, 0.15) is 5.75 Å². The maximum Gasteiger partial charge on any atom is 0.119 e. The molecule has 0 aromatic heterocycles. The van der Waals surface area contributed by atoms with Gasteiger partial charge in [-0.05, 0) is 49.4 Å². The minimum Gasteiger partial charge on any atom is -0.497 e. The molecule has 0 spiro atoms. The molecular formula is C14H21NO.